The van der Waals surface area contributed by atoms with Gasteiger partial charge in [-0.05, 0) is 30.9 Å². The SMILES string of the molecule is CC1CCN(C(=O)c2cccc(N)n2)CC1. The summed E-state index contributed by atoms with van der Waals surface area (Å²) in [5.41, 5.74) is 6.02. The Hall–Kier alpha value is -1.58. The number of nitrogens with zero attached hydrogens (tertiary/aromatic N) is 2. The molecular weight excluding hydrogens is 202 g/mol. The highest BCUT2D eigenvalue weighted by Crippen LogP contribution is 2.17. The summed E-state index contributed by atoms with van der Waals surface area (Å²) in [4.78, 5) is 18.0. The molecule has 0 saturated carbocycles. The number of pyridine rings is 1. The van der Waals surface area contributed by atoms with E-state index in [1.54, 1.807) is 18.2 Å². The zero-order chi connectivity index (χ0) is 11.5. The first kappa shape index (κ1) is 10.9. The summed E-state index contributed by atoms with van der Waals surface area (Å²) >= 11 is 0. The van der Waals surface area contributed by atoms with Crippen LogP contribution < -0.4 is 5.73 Å². The smallest absolute Gasteiger partial charge is 0.272 e. The summed E-state index contributed by atoms with van der Waals surface area (Å²) in [6, 6.07) is 5.17. The van der Waals surface area contributed by atoms with E-state index in [0.29, 0.717) is 11.5 Å². The molecule has 2 rings (SSSR count). The maximum atomic E-state index is 12.1. The maximum absolute atomic E-state index is 12.1. The van der Waals surface area contributed by atoms with Gasteiger partial charge in [0.15, 0.2) is 0 Å². The Balaban J connectivity index is 2.08. The first-order valence-electron chi connectivity index (χ1n) is 5.68. The third-order valence-corrected chi connectivity index (χ3v) is 3.06. The van der Waals surface area contributed by atoms with Crippen molar-refractivity contribution in [3.05, 3.63) is 23.9 Å². The van der Waals surface area contributed by atoms with Crippen molar-refractivity contribution in [2.24, 2.45) is 5.92 Å². The molecule has 1 aromatic heterocycles. The number of nitrogens with two attached hydrogens (primary N) is 1. The fourth-order valence-electron chi connectivity index (χ4n) is 1.94. The lowest BCUT2D eigenvalue weighted by Crippen LogP contribution is -2.38. The van der Waals surface area contributed by atoms with E-state index in [0.717, 1.165) is 31.8 Å². The number of amides is 1. The number of nitrogen functional groups attached to an aromatic ring is 1. The van der Waals surface area contributed by atoms with Gasteiger partial charge in [-0.2, -0.15) is 0 Å². The number of anilines is 1. The van der Waals surface area contributed by atoms with Crippen LogP contribution >= 0.6 is 0 Å². The molecule has 0 spiro atoms. The topological polar surface area (TPSA) is 59.2 Å². The molecule has 4 nitrogen and oxygen atoms in total. The van der Waals surface area contributed by atoms with E-state index in [2.05, 4.69) is 11.9 Å². The molecule has 1 amide bonds. The van der Waals surface area contributed by atoms with Crippen LogP contribution in [0.5, 0.6) is 0 Å². The van der Waals surface area contributed by atoms with Crippen molar-refractivity contribution in [2.45, 2.75) is 19.8 Å². The summed E-state index contributed by atoms with van der Waals surface area (Å²) in [7, 11) is 0. The molecule has 2 N–H and O–H groups in total. The quantitative estimate of drug-likeness (QED) is 0.779. The number of carbonyl (C=O) groups is 1. The zero-order valence-corrected chi connectivity index (χ0v) is 9.52. The van der Waals surface area contributed by atoms with Gasteiger partial charge in [-0.3, -0.25) is 4.79 Å². The van der Waals surface area contributed by atoms with Crippen LogP contribution in [-0.2, 0) is 0 Å². The molecule has 0 unspecified atom stereocenters. The molecule has 1 aromatic rings. The normalized spacial score (nSPS) is 17.4. The Labute approximate surface area is 95.5 Å². The highest BCUT2D eigenvalue weighted by atomic mass is 16.2. The van der Waals surface area contributed by atoms with Gasteiger partial charge in [0.1, 0.15) is 11.5 Å². The molecule has 1 aliphatic heterocycles. The van der Waals surface area contributed by atoms with Gasteiger partial charge >= 0.3 is 0 Å². The van der Waals surface area contributed by atoms with Crippen molar-refractivity contribution in [3.63, 3.8) is 0 Å². The molecule has 1 saturated heterocycles. The number of carbonyl (C=O) groups excluding carboxylic acids is 1. The summed E-state index contributed by atoms with van der Waals surface area (Å²) in [6.45, 7) is 3.88. The lowest BCUT2D eigenvalue weighted by atomic mass is 9.99. The van der Waals surface area contributed by atoms with Crippen molar-refractivity contribution >= 4 is 11.7 Å². The predicted molar refractivity (Wildman–Crippen MR) is 63.0 cm³/mol. The molecule has 0 aliphatic carbocycles. The van der Waals surface area contributed by atoms with Crippen molar-refractivity contribution in [1.82, 2.24) is 9.88 Å². The van der Waals surface area contributed by atoms with Gasteiger partial charge in [0, 0.05) is 13.1 Å². The molecule has 86 valence electrons. The number of rotatable bonds is 1. The molecule has 4 heteroatoms. The lowest BCUT2D eigenvalue weighted by Gasteiger charge is -2.30. The molecule has 16 heavy (non-hydrogen) atoms. The number of hydrogen-bond donors (Lipinski definition) is 1. The Bertz CT molecular complexity index is 384. The van der Waals surface area contributed by atoms with Gasteiger partial charge in [0.25, 0.3) is 5.91 Å². The molecule has 1 fully saturated rings. The first-order chi connectivity index (χ1) is 7.66. The van der Waals surface area contributed by atoms with Gasteiger partial charge in [-0.15, -0.1) is 0 Å². The van der Waals surface area contributed by atoms with E-state index in [1.807, 2.05) is 4.90 Å². The van der Waals surface area contributed by atoms with Crippen LogP contribution in [0.3, 0.4) is 0 Å². The minimum Gasteiger partial charge on any atom is -0.384 e. The van der Waals surface area contributed by atoms with Gasteiger partial charge < -0.3 is 10.6 Å². The van der Waals surface area contributed by atoms with Crippen LogP contribution in [0.4, 0.5) is 5.82 Å². The largest absolute Gasteiger partial charge is 0.384 e. The fraction of sp³-hybridized carbons (Fsp3) is 0.500. The van der Waals surface area contributed by atoms with Gasteiger partial charge in [0.05, 0.1) is 0 Å². The average Bonchev–Trinajstić information content (AvgIpc) is 2.29. The second-order valence-electron chi connectivity index (χ2n) is 4.42. The highest BCUT2D eigenvalue weighted by molar-refractivity contribution is 5.92. The van der Waals surface area contributed by atoms with Crippen LogP contribution in [-0.4, -0.2) is 28.9 Å². The van der Waals surface area contributed by atoms with Crippen LogP contribution in [0.1, 0.15) is 30.3 Å². The number of piperidine rings is 1. The molecule has 2 heterocycles. The molecule has 0 radical (unpaired) electrons. The van der Waals surface area contributed by atoms with Crippen LogP contribution in [0.2, 0.25) is 0 Å². The van der Waals surface area contributed by atoms with Crippen LogP contribution in [0.25, 0.3) is 0 Å². The second kappa shape index (κ2) is 4.51. The first-order valence-corrected chi connectivity index (χ1v) is 5.68. The summed E-state index contributed by atoms with van der Waals surface area (Å²) in [6.07, 6.45) is 2.15. The van der Waals surface area contributed by atoms with E-state index < -0.39 is 0 Å². The number of hydrogen-bond acceptors (Lipinski definition) is 3. The van der Waals surface area contributed by atoms with Gasteiger partial charge in [-0.1, -0.05) is 13.0 Å². The standard InChI is InChI=1S/C12H17N3O/c1-9-5-7-15(8-6-9)12(16)10-3-2-4-11(13)14-10/h2-4,9H,5-8H2,1H3,(H2,13,14). The second-order valence-corrected chi connectivity index (χ2v) is 4.42. The fourth-order valence-corrected chi connectivity index (χ4v) is 1.94. The Morgan fingerprint density at radius 3 is 2.75 bits per heavy atom. The minimum absolute atomic E-state index is 0.000741. The summed E-state index contributed by atoms with van der Waals surface area (Å²) in [5, 5.41) is 0. The summed E-state index contributed by atoms with van der Waals surface area (Å²) in [5.74, 6) is 1.12. The third kappa shape index (κ3) is 2.32. The number of likely N-dealkylation sites (tertiary alicyclic amines) is 1. The van der Waals surface area contributed by atoms with Crippen LogP contribution in [0, 0.1) is 5.92 Å². The highest BCUT2D eigenvalue weighted by Gasteiger charge is 2.22. The molecular formula is C12H17N3O. The van der Waals surface area contributed by atoms with Crippen LogP contribution in [0.15, 0.2) is 18.2 Å². The number of aromatic nitrogens is 1. The van der Waals surface area contributed by atoms with Crippen molar-refractivity contribution in [3.8, 4) is 0 Å². The predicted octanol–water partition coefficient (Wildman–Crippen LogP) is 1.54. The summed E-state index contributed by atoms with van der Waals surface area (Å²) < 4.78 is 0. The molecule has 0 bridgehead atoms. The Kier molecular flexibility index (Phi) is 3.08. The average molecular weight is 219 g/mol. The minimum atomic E-state index is -0.000741. The van der Waals surface area contributed by atoms with Crippen molar-refractivity contribution < 1.29 is 4.79 Å². The van der Waals surface area contributed by atoms with Gasteiger partial charge in [0.2, 0.25) is 0 Å². The monoisotopic (exact) mass is 219 g/mol. The third-order valence-electron chi connectivity index (χ3n) is 3.06. The van der Waals surface area contributed by atoms with E-state index in [1.165, 1.54) is 0 Å². The Morgan fingerprint density at radius 1 is 1.44 bits per heavy atom. The zero-order valence-electron chi connectivity index (χ0n) is 9.52. The van der Waals surface area contributed by atoms with E-state index in [9.17, 15) is 4.79 Å². The van der Waals surface area contributed by atoms with Crippen molar-refractivity contribution in [2.75, 3.05) is 18.8 Å². The van der Waals surface area contributed by atoms with E-state index in [-0.39, 0.29) is 5.91 Å². The van der Waals surface area contributed by atoms with Crippen molar-refractivity contribution in [1.29, 1.82) is 0 Å². The maximum Gasteiger partial charge on any atom is 0.272 e. The van der Waals surface area contributed by atoms with E-state index in [4.69, 9.17) is 5.73 Å². The molecule has 0 aromatic carbocycles. The molecule has 0 atom stereocenters. The van der Waals surface area contributed by atoms with E-state index >= 15 is 0 Å². The Morgan fingerprint density at radius 2 is 2.12 bits per heavy atom. The van der Waals surface area contributed by atoms with Gasteiger partial charge in [-0.25, -0.2) is 4.98 Å². The lowest BCUT2D eigenvalue weighted by molar-refractivity contribution is 0.0691. The molecule has 1 aliphatic rings.